The number of ether oxygens (including phenoxy) is 1. The third kappa shape index (κ3) is 4.73. The van der Waals surface area contributed by atoms with Crippen LogP contribution >= 0.6 is 23.1 Å². The number of nitrogens with one attached hydrogen (secondary N) is 1. The van der Waals surface area contributed by atoms with Crippen LogP contribution in [0.2, 0.25) is 0 Å². The Balaban J connectivity index is 1.48. The summed E-state index contributed by atoms with van der Waals surface area (Å²) in [4.78, 5) is 28.5. The molecule has 4 aromatic rings. The van der Waals surface area contributed by atoms with Crippen molar-refractivity contribution in [3.63, 3.8) is 0 Å². The van der Waals surface area contributed by atoms with E-state index in [4.69, 9.17) is 0 Å². The summed E-state index contributed by atoms with van der Waals surface area (Å²) in [6.45, 7) is 1.94. The van der Waals surface area contributed by atoms with E-state index in [9.17, 15) is 9.59 Å². The Morgan fingerprint density at radius 2 is 1.81 bits per heavy atom. The number of hydrogen-bond acceptors (Lipinski definition) is 8. The Morgan fingerprint density at radius 1 is 1.06 bits per heavy atom. The molecule has 156 valence electrons. The van der Waals surface area contributed by atoms with Gasteiger partial charge in [0.05, 0.1) is 28.1 Å². The first-order valence-electron chi connectivity index (χ1n) is 9.35. The minimum atomic E-state index is -0.423. The minimum Gasteiger partial charge on any atom is -0.465 e. The van der Waals surface area contributed by atoms with Gasteiger partial charge in [0.15, 0.2) is 0 Å². The molecule has 9 heteroatoms. The number of hydrogen-bond donors (Lipinski definition) is 1. The van der Waals surface area contributed by atoms with Gasteiger partial charge in [-0.2, -0.15) is 0 Å². The Labute approximate surface area is 186 Å². The van der Waals surface area contributed by atoms with Gasteiger partial charge in [0.25, 0.3) is 0 Å². The van der Waals surface area contributed by atoms with Crippen LogP contribution in [0.3, 0.4) is 0 Å². The summed E-state index contributed by atoms with van der Waals surface area (Å²) in [5.41, 5.74) is 3.55. The number of carbonyl (C=O) groups excluding carboxylic acids is 2. The van der Waals surface area contributed by atoms with E-state index in [2.05, 4.69) is 25.2 Å². The van der Waals surface area contributed by atoms with Crippen molar-refractivity contribution in [3.8, 4) is 11.3 Å². The number of amides is 1. The number of thioether (sulfide) groups is 1. The van der Waals surface area contributed by atoms with Crippen molar-refractivity contribution in [2.24, 2.45) is 0 Å². The highest BCUT2D eigenvalue weighted by atomic mass is 32.2. The highest BCUT2D eigenvalue weighted by molar-refractivity contribution is 8.00. The molecule has 0 unspecified atom stereocenters. The molecule has 2 aromatic heterocycles. The largest absolute Gasteiger partial charge is 0.465 e. The molecule has 0 spiro atoms. The number of aryl methyl sites for hydroxylation is 1. The predicted molar refractivity (Wildman–Crippen MR) is 123 cm³/mol. The Bertz CT molecular complexity index is 1240. The van der Waals surface area contributed by atoms with Gasteiger partial charge in [-0.1, -0.05) is 42.1 Å². The van der Waals surface area contributed by atoms with Gasteiger partial charge in [0, 0.05) is 11.3 Å². The van der Waals surface area contributed by atoms with E-state index in [1.54, 1.807) is 35.6 Å². The van der Waals surface area contributed by atoms with Crippen LogP contribution in [0.1, 0.15) is 15.4 Å². The molecule has 0 aliphatic rings. The standard InChI is InChI=1S/C22H18N4O3S2/c1-13-23-19-20(31-13)18(14-6-4-3-5-7-14)25-26-21(19)30-12-17(27)24-16-10-8-15(9-11-16)22(28)29-2/h3-11H,12H2,1-2H3,(H,24,27). The van der Waals surface area contributed by atoms with Crippen molar-refractivity contribution in [1.82, 2.24) is 15.2 Å². The molecule has 0 fully saturated rings. The van der Waals surface area contributed by atoms with E-state index in [0.717, 1.165) is 26.5 Å². The highest BCUT2D eigenvalue weighted by Gasteiger charge is 2.17. The van der Waals surface area contributed by atoms with Crippen LogP contribution in [-0.4, -0.2) is 39.9 Å². The van der Waals surface area contributed by atoms with Crippen molar-refractivity contribution in [1.29, 1.82) is 0 Å². The monoisotopic (exact) mass is 450 g/mol. The van der Waals surface area contributed by atoms with E-state index in [1.165, 1.54) is 18.9 Å². The molecule has 2 aromatic carbocycles. The minimum absolute atomic E-state index is 0.157. The second-order valence-electron chi connectivity index (χ2n) is 6.54. The van der Waals surface area contributed by atoms with E-state index < -0.39 is 5.97 Å². The number of rotatable bonds is 6. The summed E-state index contributed by atoms with van der Waals surface area (Å²) in [5, 5.41) is 13.1. The molecule has 0 saturated carbocycles. The molecule has 1 amide bonds. The van der Waals surface area contributed by atoms with E-state index in [-0.39, 0.29) is 11.7 Å². The Hall–Kier alpha value is -3.30. The molecule has 2 heterocycles. The van der Waals surface area contributed by atoms with Crippen molar-refractivity contribution >= 4 is 50.9 Å². The average Bonchev–Trinajstić information content (AvgIpc) is 3.19. The molecule has 31 heavy (non-hydrogen) atoms. The van der Waals surface area contributed by atoms with Crippen molar-refractivity contribution in [3.05, 3.63) is 65.2 Å². The fraction of sp³-hybridized carbons (Fsp3) is 0.136. The normalized spacial score (nSPS) is 10.8. The second-order valence-corrected chi connectivity index (χ2v) is 8.70. The molecule has 0 bridgehead atoms. The second kappa shape index (κ2) is 9.23. The number of anilines is 1. The summed E-state index contributed by atoms with van der Waals surface area (Å²) in [6.07, 6.45) is 0. The smallest absolute Gasteiger partial charge is 0.337 e. The molecule has 1 N–H and O–H groups in total. The van der Waals surface area contributed by atoms with Gasteiger partial charge in [-0.15, -0.1) is 21.5 Å². The van der Waals surface area contributed by atoms with E-state index in [0.29, 0.717) is 16.3 Å². The maximum absolute atomic E-state index is 12.4. The molecule has 7 nitrogen and oxygen atoms in total. The van der Waals surface area contributed by atoms with Crippen molar-refractivity contribution in [2.45, 2.75) is 11.9 Å². The van der Waals surface area contributed by atoms with Gasteiger partial charge in [0.2, 0.25) is 5.91 Å². The van der Waals surface area contributed by atoms with Crippen LogP contribution in [0, 0.1) is 6.92 Å². The first kappa shape index (κ1) is 21.0. The third-order valence-electron chi connectivity index (χ3n) is 4.37. The Kier molecular flexibility index (Phi) is 6.24. The highest BCUT2D eigenvalue weighted by Crippen LogP contribution is 2.35. The molecule has 0 aliphatic carbocycles. The molecule has 4 rings (SSSR count). The van der Waals surface area contributed by atoms with Gasteiger partial charge in [-0.3, -0.25) is 4.79 Å². The van der Waals surface area contributed by atoms with Gasteiger partial charge < -0.3 is 10.1 Å². The Morgan fingerprint density at radius 3 is 2.52 bits per heavy atom. The van der Waals surface area contributed by atoms with Gasteiger partial charge in [0.1, 0.15) is 16.2 Å². The predicted octanol–water partition coefficient (Wildman–Crippen LogP) is 4.58. The quantitative estimate of drug-likeness (QED) is 0.339. The van der Waals surface area contributed by atoms with Crippen LogP contribution in [0.4, 0.5) is 5.69 Å². The number of nitrogens with zero attached hydrogens (tertiary/aromatic N) is 3. The number of fused-ring (bicyclic) bond motifs is 1. The summed E-state index contributed by atoms with van der Waals surface area (Å²) >= 11 is 2.86. The maximum atomic E-state index is 12.4. The zero-order chi connectivity index (χ0) is 21.8. The van der Waals surface area contributed by atoms with Gasteiger partial charge in [-0.25, -0.2) is 9.78 Å². The first-order chi connectivity index (χ1) is 15.0. The topological polar surface area (TPSA) is 94.1 Å². The van der Waals surface area contributed by atoms with Crippen LogP contribution in [0.5, 0.6) is 0 Å². The summed E-state index contributed by atoms with van der Waals surface area (Å²) in [5.74, 6) is -0.456. The molecule has 0 aliphatic heterocycles. The zero-order valence-electron chi connectivity index (χ0n) is 16.8. The fourth-order valence-corrected chi connectivity index (χ4v) is 4.66. The van der Waals surface area contributed by atoms with E-state index >= 15 is 0 Å². The van der Waals surface area contributed by atoms with Gasteiger partial charge >= 0.3 is 5.97 Å². The average molecular weight is 451 g/mol. The van der Waals surface area contributed by atoms with Crippen LogP contribution in [0.15, 0.2) is 59.6 Å². The summed E-state index contributed by atoms with van der Waals surface area (Å²) in [7, 11) is 1.32. The molecular weight excluding hydrogens is 432 g/mol. The first-order valence-corrected chi connectivity index (χ1v) is 11.2. The summed E-state index contributed by atoms with van der Waals surface area (Å²) in [6, 6.07) is 16.4. The summed E-state index contributed by atoms with van der Waals surface area (Å²) < 4.78 is 5.63. The molecule has 0 saturated heterocycles. The number of esters is 1. The van der Waals surface area contributed by atoms with Crippen LogP contribution < -0.4 is 5.32 Å². The fourth-order valence-electron chi connectivity index (χ4n) is 2.94. The lowest BCUT2D eigenvalue weighted by Gasteiger charge is -2.07. The molecule has 0 atom stereocenters. The van der Waals surface area contributed by atoms with Crippen LogP contribution in [0.25, 0.3) is 21.5 Å². The lowest BCUT2D eigenvalue weighted by atomic mass is 10.1. The van der Waals surface area contributed by atoms with Crippen LogP contribution in [-0.2, 0) is 9.53 Å². The van der Waals surface area contributed by atoms with Crippen molar-refractivity contribution < 1.29 is 14.3 Å². The number of carbonyl (C=O) groups is 2. The number of thiazole rings is 1. The lowest BCUT2D eigenvalue weighted by molar-refractivity contribution is -0.113. The number of aromatic nitrogens is 3. The zero-order valence-corrected chi connectivity index (χ0v) is 18.4. The lowest BCUT2D eigenvalue weighted by Crippen LogP contribution is -2.14. The van der Waals surface area contributed by atoms with E-state index in [1.807, 2.05) is 37.3 Å². The van der Waals surface area contributed by atoms with Crippen molar-refractivity contribution in [2.75, 3.05) is 18.2 Å². The number of methoxy groups -OCH3 is 1. The SMILES string of the molecule is COC(=O)c1ccc(NC(=O)CSc2nnc(-c3ccccc3)c3sc(C)nc23)cc1. The number of benzene rings is 2. The third-order valence-corrected chi connectivity index (χ3v) is 6.30. The molecule has 0 radical (unpaired) electrons. The van der Waals surface area contributed by atoms with Gasteiger partial charge in [-0.05, 0) is 31.2 Å². The maximum Gasteiger partial charge on any atom is 0.337 e. The molecular formula is C22H18N4O3S2.